The van der Waals surface area contributed by atoms with Gasteiger partial charge in [0.1, 0.15) is 11.4 Å². The van der Waals surface area contributed by atoms with Gasteiger partial charge in [0.25, 0.3) is 5.91 Å². The number of nitrogens with zero attached hydrogens (tertiary/aromatic N) is 4. The molecule has 7 heteroatoms. The van der Waals surface area contributed by atoms with Crippen molar-refractivity contribution in [3.8, 4) is 11.5 Å². The minimum absolute atomic E-state index is 0.187. The standard InChI is InChI=1S/C22H28FN5O/c1-3-4-12-26(2)13-8-11-24-21(29)20-17-25-28(19-10-7-9-18(23)16-19)22(20)27-14-5-6-15-27/h5-7,9-10,14-17H,3-4,8,11-13H2,1-2H3,(H,24,29). The number of hydrogen-bond acceptors (Lipinski definition) is 3. The number of hydrogen-bond donors (Lipinski definition) is 1. The molecule has 0 spiro atoms. The zero-order valence-electron chi connectivity index (χ0n) is 17.0. The van der Waals surface area contributed by atoms with Gasteiger partial charge >= 0.3 is 0 Å². The summed E-state index contributed by atoms with van der Waals surface area (Å²) in [5.74, 6) is 0.0420. The van der Waals surface area contributed by atoms with Gasteiger partial charge < -0.3 is 14.8 Å². The number of halogens is 1. The van der Waals surface area contributed by atoms with Crippen molar-refractivity contribution >= 4 is 5.91 Å². The SMILES string of the molecule is CCCCN(C)CCCNC(=O)c1cnn(-c2cccc(F)c2)c1-n1cccc1. The summed E-state index contributed by atoms with van der Waals surface area (Å²) in [6.45, 7) is 4.78. The molecular weight excluding hydrogens is 369 g/mol. The number of rotatable bonds is 10. The van der Waals surface area contributed by atoms with Crippen LogP contribution in [-0.2, 0) is 0 Å². The summed E-state index contributed by atoms with van der Waals surface area (Å²) >= 11 is 0. The normalized spacial score (nSPS) is 11.2. The molecule has 0 atom stereocenters. The van der Waals surface area contributed by atoms with E-state index < -0.39 is 0 Å². The van der Waals surface area contributed by atoms with Crippen LogP contribution in [0.4, 0.5) is 4.39 Å². The number of nitrogens with one attached hydrogen (secondary N) is 1. The lowest BCUT2D eigenvalue weighted by Gasteiger charge is -2.16. The Kier molecular flexibility index (Phi) is 7.19. The second-order valence-corrected chi connectivity index (χ2v) is 7.13. The Morgan fingerprint density at radius 1 is 1.17 bits per heavy atom. The summed E-state index contributed by atoms with van der Waals surface area (Å²) in [6.07, 6.45) is 8.45. The molecule has 0 fully saturated rings. The smallest absolute Gasteiger partial charge is 0.256 e. The molecule has 1 amide bonds. The molecule has 0 unspecified atom stereocenters. The summed E-state index contributed by atoms with van der Waals surface area (Å²) in [4.78, 5) is 15.1. The van der Waals surface area contributed by atoms with Crippen LogP contribution >= 0.6 is 0 Å². The van der Waals surface area contributed by atoms with E-state index in [1.165, 1.54) is 31.2 Å². The summed E-state index contributed by atoms with van der Waals surface area (Å²) < 4.78 is 17.1. The van der Waals surface area contributed by atoms with E-state index in [-0.39, 0.29) is 11.7 Å². The lowest BCUT2D eigenvalue weighted by Crippen LogP contribution is -2.29. The molecule has 0 aliphatic heterocycles. The van der Waals surface area contributed by atoms with Gasteiger partial charge in [0.2, 0.25) is 0 Å². The molecule has 154 valence electrons. The average molecular weight is 397 g/mol. The first kappa shape index (κ1) is 20.8. The Hall–Kier alpha value is -2.93. The van der Waals surface area contributed by atoms with Crippen molar-refractivity contribution in [1.82, 2.24) is 24.6 Å². The fourth-order valence-electron chi connectivity index (χ4n) is 3.21. The van der Waals surface area contributed by atoms with E-state index in [4.69, 9.17) is 0 Å². The highest BCUT2D eigenvalue weighted by Crippen LogP contribution is 2.20. The lowest BCUT2D eigenvalue weighted by molar-refractivity contribution is 0.0952. The van der Waals surface area contributed by atoms with Crippen molar-refractivity contribution in [1.29, 1.82) is 0 Å². The van der Waals surface area contributed by atoms with Gasteiger partial charge in [0.15, 0.2) is 5.82 Å². The largest absolute Gasteiger partial charge is 0.352 e. The number of amides is 1. The van der Waals surface area contributed by atoms with E-state index >= 15 is 0 Å². The van der Waals surface area contributed by atoms with E-state index in [9.17, 15) is 9.18 Å². The van der Waals surface area contributed by atoms with E-state index in [1.54, 1.807) is 16.8 Å². The monoisotopic (exact) mass is 397 g/mol. The third-order valence-corrected chi connectivity index (χ3v) is 4.79. The highest BCUT2D eigenvalue weighted by molar-refractivity contribution is 5.97. The van der Waals surface area contributed by atoms with Crippen molar-refractivity contribution in [2.75, 3.05) is 26.7 Å². The van der Waals surface area contributed by atoms with E-state index in [2.05, 4.69) is 29.3 Å². The molecule has 1 aromatic carbocycles. The van der Waals surface area contributed by atoms with Crippen LogP contribution in [0.3, 0.4) is 0 Å². The molecule has 0 aliphatic rings. The minimum atomic E-state index is -0.352. The van der Waals surface area contributed by atoms with Gasteiger partial charge in [0, 0.05) is 18.9 Å². The topological polar surface area (TPSA) is 55.1 Å². The van der Waals surface area contributed by atoms with Gasteiger partial charge in [-0.05, 0) is 63.3 Å². The zero-order chi connectivity index (χ0) is 20.6. The van der Waals surface area contributed by atoms with Gasteiger partial charge in [-0.25, -0.2) is 9.07 Å². The minimum Gasteiger partial charge on any atom is -0.352 e. The number of benzene rings is 1. The summed E-state index contributed by atoms with van der Waals surface area (Å²) in [5.41, 5.74) is 1.01. The molecule has 0 saturated carbocycles. The first-order valence-electron chi connectivity index (χ1n) is 10.0. The molecular formula is C22H28FN5O. The second-order valence-electron chi connectivity index (χ2n) is 7.13. The van der Waals surface area contributed by atoms with E-state index in [1.807, 2.05) is 29.1 Å². The Morgan fingerprint density at radius 2 is 1.93 bits per heavy atom. The van der Waals surface area contributed by atoms with Crippen molar-refractivity contribution in [3.05, 3.63) is 66.4 Å². The zero-order valence-corrected chi connectivity index (χ0v) is 17.0. The van der Waals surface area contributed by atoms with Gasteiger partial charge in [-0.2, -0.15) is 5.10 Å². The predicted molar refractivity (Wildman–Crippen MR) is 112 cm³/mol. The molecule has 29 heavy (non-hydrogen) atoms. The first-order valence-corrected chi connectivity index (χ1v) is 10.0. The molecule has 2 aromatic heterocycles. The number of carbonyl (C=O) groups is 1. The summed E-state index contributed by atoms with van der Waals surface area (Å²) in [5, 5.41) is 7.34. The quantitative estimate of drug-likeness (QED) is 0.531. The Balaban J connectivity index is 1.73. The van der Waals surface area contributed by atoms with Crippen LogP contribution < -0.4 is 5.32 Å². The first-order chi connectivity index (χ1) is 14.1. The average Bonchev–Trinajstić information content (AvgIpc) is 3.38. The van der Waals surface area contributed by atoms with Crippen LogP contribution in [0, 0.1) is 5.82 Å². The number of carbonyl (C=O) groups excluding carboxylic acids is 1. The van der Waals surface area contributed by atoms with Gasteiger partial charge in [0.05, 0.1) is 11.9 Å². The fourth-order valence-corrected chi connectivity index (χ4v) is 3.21. The van der Waals surface area contributed by atoms with Crippen LogP contribution in [0.15, 0.2) is 55.0 Å². The Bertz CT molecular complexity index is 919. The Morgan fingerprint density at radius 3 is 2.66 bits per heavy atom. The van der Waals surface area contributed by atoms with Crippen molar-refractivity contribution in [2.45, 2.75) is 26.2 Å². The van der Waals surface area contributed by atoms with Crippen LogP contribution in [0.25, 0.3) is 11.5 Å². The molecule has 0 aliphatic carbocycles. The van der Waals surface area contributed by atoms with Gasteiger partial charge in [-0.3, -0.25) is 4.79 Å². The molecule has 3 aromatic rings. The maximum absolute atomic E-state index is 13.7. The second kappa shape index (κ2) is 10.0. The fraction of sp³-hybridized carbons (Fsp3) is 0.364. The maximum atomic E-state index is 13.7. The van der Waals surface area contributed by atoms with Crippen LogP contribution in [0.5, 0.6) is 0 Å². The highest BCUT2D eigenvalue weighted by Gasteiger charge is 2.19. The third-order valence-electron chi connectivity index (χ3n) is 4.79. The maximum Gasteiger partial charge on any atom is 0.256 e. The van der Waals surface area contributed by atoms with Crippen molar-refractivity contribution in [2.24, 2.45) is 0 Å². The van der Waals surface area contributed by atoms with Crippen LogP contribution in [0.2, 0.25) is 0 Å². The number of unbranched alkanes of at least 4 members (excludes halogenated alkanes) is 1. The van der Waals surface area contributed by atoms with Crippen molar-refractivity contribution in [3.63, 3.8) is 0 Å². The summed E-state index contributed by atoms with van der Waals surface area (Å²) in [6, 6.07) is 9.91. The molecule has 2 heterocycles. The molecule has 0 saturated heterocycles. The molecule has 0 bridgehead atoms. The third kappa shape index (κ3) is 5.32. The molecule has 0 radical (unpaired) electrons. The lowest BCUT2D eigenvalue weighted by atomic mass is 10.2. The molecule has 3 rings (SSSR count). The van der Waals surface area contributed by atoms with Crippen LogP contribution in [0.1, 0.15) is 36.5 Å². The van der Waals surface area contributed by atoms with E-state index in [0.717, 1.165) is 19.5 Å². The van der Waals surface area contributed by atoms with Crippen molar-refractivity contribution < 1.29 is 9.18 Å². The predicted octanol–water partition coefficient (Wildman–Crippen LogP) is 3.65. The van der Waals surface area contributed by atoms with E-state index in [0.29, 0.717) is 23.6 Å². The Labute approximate surface area is 170 Å². The number of aromatic nitrogens is 3. The molecule has 6 nitrogen and oxygen atoms in total. The molecule has 1 N–H and O–H groups in total. The van der Waals surface area contributed by atoms with Crippen LogP contribution in [-0.4, -0.2) is 51.8 Å². The van der Waals surface area contributed by atoms with Gasteiger partial charge in [-0.1, -0.05) is 19.4 Å². The summed E-state index contributed by atoms with van der Waals surface area (Å²) in [7, 11) is 2.10. The highest BCUT2D eigenvalue weighted by atomic mass is 19.1. The van der Waals surface area contributed by atoms with Gasteiger partial charge in [-0.15, -0.1) is 0 Å².